The summed E-state index contributed by atoms with van der Waals surface area (Å²) in [6.07, 6.45) is 3.76. The van der Waals surface area contributed by atoms with Crippen LogP contribution in [0.2, 0.25) is 0 Å². The quantitative estimate of drug-likeness (QED) is 0.616. The van der Waals surface area contributed by atoms with Crippen LogP contribution in [0.3, 0.4) is 0 Å². The molecule has 3 aromatic rings. The predicted molar refractivity (Wildman–Crippen MR) is 63.2 cm³/mol. The van der Waals surface area contributed by atoms with Crippen molar-refractivity contribution < 1.29 is 0 Å². The number of benzene rings is 1. The van der Waals surface area contributed by atoms with Crippen molar-refractivity contribution in [2.45, 2.75) is 6.92 Å². The normalized spacial score (nSPS) is 10.8. The van der Waals surface area contributed by atoms with Gasteiger partial charge in [-0.1, -0.05) is 29.8 Å². The minimum absolute atomic E-state index is 0.872. The van der Waals surface area contributed by atoms with E-state index in [1.165, 1.54) is 16.7 Å². The summed E-state index contributed by atoms with van der Waals surface area (Å²) in [5, 5.41) is 7.85. The summed E-state index contributed by atoms with van der Waals surface area (Å²) in [6, 6.07) is 12.5. The third-order valence-electron chi connectivity index (χ3n) is 2.64. The van der Waals surface area contributed by atoms with Gasteiger partial charge in [0.2, 0.25) is 0 Å². The van der Waals surface area contributed by atoms with Crippen LogP contribution in [0.5, 0.6) is 0 Å². The molecule has 0 radical (unpaired) electrons. The number of nitrogens with zero attached hydrogens (tertiary/aromatic N) is 3. The zero-order valence-electron chi connectivity index (χ0n) is 8.96. The van der Waals surface area contributed by atoms with E-state index in [9.17, 15) is 0 Å². The van der Waals surface area contributed by atoms with Crippen LogP contribution < -0.4 is 0 Å². The standard InChI is InChI=1S/C13H11N3/c1-10-3-2-4-11(7-10)12-5-6-13-15-14-9-16(13)8-12/h2-9H,1H3. The van der Waals surface area contributed by atoms with Crippen LogP contribution in [-0.4, -0.2) is 14.6 Å². The second-order valence-electron chi connectivity index (χ2n) is 3.88. The molecule has 3 nitrogen and oxygen atoms in total. The molecule has 0 N–H and O–H groups in total. The maximum absolute atomic E-state index is 3.98. The summed E-state index contributed by atoms with van der Waals surface area (Å²) in [4.78, 5) is 0. The van der Waals surface area contributed by atoms with E-state index >= 15 is 0 Å². The SMILES string of the molecule is Cc1cccc(-c2ccc3nncn3c2)c1. The van der Waals surface area contributed by atoms with Gasteiger partial charge >= 0.3 is 0 Å². The van der Waals surface area contributed by atoms with Crippen molar-refractivity contribution in [3.8, 4) is 11.1 Å². The van der Waals surface area contributed by atoms with Gasteiger partial charge in [0, 0.05) is 6.20 Å². The van der Waals surface area contributed by atoms with Crippen molar-refractivity contribution in [3.63, 3.8) is 0 Å². The fourth-order valence-electron chi connectivity index (χ4n) is 1.82. The van der Waals surface area contributed by atoms with Crippen LogP contribution in [0.15, 0.2) is 48.9 Å². The molecule has 0 fully saturated rings. The lowest BCUT2D eigenvalue weighted by Gasteiger charge is -2.03. The second-order valence-corrected chi connectivity index (χ2v) is 3.88. The van der Waals surface area contributed by atoms with Gasteiger partial charge in [-0.05, 0) is 30.2 Å². The van der Waals surface area contributed by atoms with E-state index in [1.54, 1.807) is 6.33 Å². The zero-order valence-corrected chi connectivity index (χ0v) is 8.96. The fourth-order valence-corrected chi connectivity index (χ4v) is 1.82. The van der Waals surface area contributed by atoms with E-state index in [0.29, 0.717) is 0 Å². The molecule has 2 heterocycles. The van der Waals surface area contributed by atoms with E-state index in [0.717, 1.165) is 5.65 Å². The third kappa shape index (κ3) is 1.46. The summed E-state index contributed by atoms with van der Waals surface area (Å²) in [5.41, 5.74) is 4.53. The highest BCUT2D eigenvalue weighted by molar-refractivity contribution is 5.65. The van der Waals surface area contributed by atoms with Gasteiger partial charge < -0.3 is 0 Å². The lowest BCUT2D eigenvalue weighted by Crippen LogP contribution is -1.85. The van der Waals surface area contributed by atoms with Crippen LogP contribution in [-0.2, 0) is 0 Å². The number of hydrogen-bond acceptors (Lipinski definition) is 2. The Hall–Kier alpha value is -2.16. The highest BCUT2D eigenvalue weighted by Crippen LogP contribution is 2.20. The molecule has 16 heavy (non-hydrogen) atoms. The lowest BCUT2D eigenvalue weighted by atomic mass is 10.1. The monoisotopic (exact) mass is 209 g/mol. The Morgan fingerprint density at radius 2 is 2.00 bits per heavy atom. The molecule has 0 saturated carbocycles. The van der Waals surface area contributed by atoms with Crippen molar-refractivity contribution in [2.24, 2.45) is 0 Å². The van der Waals surface area contributed by atoms with E-state index in [1.807, 2.05) is 16.7 Å². The summed E-state index contributed by atoms with van der Waals surface area (Å²) in [5.74, 6) is 0. The molecule has 0 aliphatic heterocycles. The maximum atomic E-state index is 3.98. The van der Waals surface area contributed by atoms with Crippen LogP contribution in [0.4, 0.5) is 0 Å². The second kappa shape index (κ2) is 3.45. The first-order chi connectivity index (χ1) is 7.83. The van der Waals surface area contributed by atoms with E-state index in [4.69, 9.17) is 0 Å². The maximum Gasteiger partial charge on any atom is 0.160 e. The van der Waals surface area contributed by atoms with Crippen LogP contribution in [0.1, 0.15) is 5.56 Å². The molecule has 78 valence electrons. The highest BCUT2D eigenvalue weighted by Gasteiger charge is 2.00. The Morgan fingerprint density at radius 3 is 2.88 bits per heavy atom. The number of aryl methyl sites for hydroxylation is 1. The molecule has 0 aliphatic rings. The summed E-state index contributed by atoms with van der Waals surface area (Å²) < 4.78 is 1.93. The molecule has 3 rings (SSSR count). The topological polar surface area (TPSA) is 30.2 Å². The molecule has 0 atom stereocenters. The number of rotatable bonds is 1. The van der Waals surface area contributed by atoms with Gasteiger partial charge in [-0.25, -0.2) is 0 Å². The molecule has 0 unspecified atom stereocenters. The molecule has 0 aliphatic carbocycles. The van der Waals surface area contributed by atoms with Gasteiger partial charge in [0.05, 0.1) is 0 Å². The van der Waals surface area contributed by atoms with Crippen LogP contribution >= 0.6 is 0 Å². The van der Waals surface area contributed by atoms with E-state index in [2.05, 4.69) is 47.5 Å². The van der Waals surface area contributed by atoms with Gasteiger partial charge in [-0.2, -0.15) is 0 Å². The average Bonchev–Trinajstić information content (AvgIpc) is 2.75. The molecule has 3 heteroatoms. The van der Waals surface area contributed by atoms with Crippen LogP contribution in [0.25, 0.3) is 16.8 Å². The molecule has 0 bridgehead atoms. The van der Waals surface area contributed by atoms with Crippen molar-refractivity contribution in [3.05, 3.63) is 54.5 Å². The minimum Gasteiger partial charge on any atom is -0.288 e. The third-order valence-corrected chi connectivity index (χ3v) is 2.64. The minimum atomic E-state index is 0.872. The number of aromatic nitrogens is 3. The summed E-state index contributed by atoms with van der Waals surface area (Å²) in [6.45, 7) is 2.10. The van der Waals surface area contributed by atoms with E-state index in [-0.39, 0.29) is 0 Å². The summed E-state index contributed by atoms with van der Waals surface area (Å²) >= 11 is 0. The van der Waals surface area contributed by atoms with Crippen molar-refractivity contribution in [1.82, 2.24) is 14.6 Å². The Kier molecular flexibility index (Phi) is 1.96. The largest absolute Gasteiger partial charge is 0.288 e. The van der Waals surface area contributed by atoms with Gasteiger partial charge in [-0.3, -0.25) is 4.40 Å². The molecule has 0 amide bonds. The molecular formula is C13H11N3. The predicted octanol–water partition coefficient (Wildman–Crippen LogP) is 2.70. The Bertz CT molecular complexity index is 640. The van der Waals surface area contributed by atoms with Crippen molar-refractivity contribution >= 4 is 5.65 Å². The fraction of sp³-hybridized carbons (Fsp3) is 0.0769. The number of pyridine rings is 1. The molecule has 0 saturated heterocycles. The molecule has 0 spiro atoms. The van der Waals surface area contributed by atoms with Crippen molar-refractivity contribution in [1.29, 1.82) is 0 Å². The molecule has 2 aromatic heterocycles. The van der Waals surface area contributed by atoms with Gasteiger partial charge in [-0.15, -0.1) is 10.2 Å². The summed E-state index contributed by atoms with van der Waals surface area (Å²) in [7, 11) is 0. The van der Waals surface area contributed by atoms with E-state index < -0.39 is 0 Å². The first-order valence-electron chi connectivity index (χ1n) is 5.19. The first kappa shape index (κ1) is 9.09. The first-order valence-corrected chi connectivity index (χ1v) is 5.19. The highest BCUT2D eigenvalue weighted by atomic mass is 15.2. The lowest BCUT2D eigenvalue weighted by molar-refractivity contribution is 1.10. The smallest absolute Gasteiger partial charge is 0.160 e. The zero-order chi connectivity index (χ0) is 11.0. The Balaban J connectivity index is 2.18. The number of hydrogen-bond donors (Lipinski definition) is 0. The average molecular weight is 209 g/mol. The Labute approximate surface area is 93.4 Å². The van der Waals surface area contributed by atoms with Gasteiger partial charge in [0.25, 0.3) is 0 Å². The van der Waals surface area contributed by atoms with Crippen LogP contribution in [0, 0.1) is 6.92 Å². The Morgan fingerprint density at radius 1 is 1.06 bits per heavy atom. The molecule has 1 aromatic carbocycles. The van der Waals surface area contributed by atoms with Gasteiger partial charge in [0.1, 0.15) is 6.33 Å². The van der Waals surface area contributed by atoms with Crippen molar-refractivity contribution in [2.75, 3.05) is 0 Å². The number of fused-ring (bicyclic) bond motifs is 1. The molecular weight excluding hydrogens is 198 g/mol. The van der Waals surface area contributed by atoms with Gasteiger partial charge in [0.15, 0.2) is 5.65 Å².